The molecule has 2 aromatic rings. The van der Waals surface area contributed by atoms with Gasteiger partial charge in [-0.2, -0.15) is 8.42 Å². The van der Waals surface area contributed by atoms with E-state index in [9.17, 15) is 26.8 Å². The molecule has 0 saturated carbocycles. The van der Waals surface area contributed by atoms with E-state index in [2.05, 4.69) is 4.98 Å². The molecular formula is C19H21F2N5O6S. The molecule has 0 saturated heterocycles. The second-order valence-corrected chi connectivity index (χ2v) is 8.81. The molecule has 2 amide bonds. The topological polar surface area (TPSA) is 130 Å². The monoisotopic (exact) mass is 485 g/mol. The third kappa shape index (κ3) is 5.12. The van der Waals surface area contributed by atoms with Crippen molar-refractivity contribution >= 4 is 28.2 Å². The molecule has 1 aliphatic heterocycles. The molecule has 2 N–H and O–H groups in total. The summed E-state index contributed by atoms with van der Waals surface area (Å²) in [7, 11) is 0.00450. The van der Waals surface area contributed by atoms with Gasteiger partial charge in [-0.05, 0) is 13.0 Å². The number of halogens is 2. The Morgan fingerprint density at radius 2 is 2.03 bits per heavy atom. The number of pyridine rings is 1. The fraction of sp³-hybridized carbons (Fsp3) is 0.316. The normalized spacial score (nSPS) is 15.5. The minimum Gasteiger partial charge on any atom is -0.410 e. The first kappa shape index (κ1) is 24.1. The van der Waals surface area contributed by atoms with Gasteiger partial charge in [-0.1, -0.05) is 0 Å². The Kier molecular flexibility index (Phi) is 6.69. The number of anilines is 1. The first-order valence-corrected chi connectivity index (χ1v) is 11.0. The average Bonchev–Trinajstić information content (AvgIpc) is 2.72. The van der Waals surface area contributed by atoms with E-state index >= 15 is 0 Å². The lowest BCUT2D eigenvalue weighted by Gasteiger charge is -2.34. The molecule has 1 aliphatic rings. The number of aromatic nitrogens is 1. The Bertz CT molecular complexity index is 1210. The maximum atomic E-state index is 14.9. The third-order valence-corrected chi connectivity index (χ3v) is 5.76. The van der Waals surface area contributed by atoms with Crippen LogP contribution in [0.25, 0.3) is 0 Å². The molecule has 0 aliphatic carbocycles. The highest BCUT2D eigenvalue weighted by Gasteiger charge is 2.35. The summed E-state index contributed by atoms with van der Waals surface area (Å²) in [5, 5.41) is 0. The zero-order valence-electron chi connectivity index (χ0n) is 18.0. The van der Waals surface area contributed by atoms with Crippen molar-refractivity contribution < 1.29 is 36.3 Å². The van der Waals surface area contributed by atoms with Crippen LogP contribution >= 0.6 is 0 Å². The van der Waals surface area contributed by atoms with E-state index in [4.69, 9.17) is 9.47 Å². The fourth-order valence-corrected chi connectivity index (χ4v) is 3.52. The lowest BCUT2D eigenvalue weighted by molar-refractivity contribution is 0.114. The fourth-order valence-electron chi connectivity index (χ4n) is 3.02. The average molecular weight is 485 g/mol. The van der Waals surface area contributed by atoms with Gasteiger partial charge < -0.3 is 14.4 Å². The number of fused-ring (bicyclic) bond motifs is 1. The molecule has 33 heavy (non-hydrogen) atoms. The van der Waals surface area contributed by atoms with Gasteiger partial charge in [-0.25, -0.2) is 28.1 Å². The maximum absolute atomic E-state index is 14.9. The molecule has 1 aromatic carbocycles. The Morgan fingerprint density at radius 3 is 2.67 bits per heavy atom. The maximum Gasteiger partial charge on any atom is 0.416 e. The van der Waals surface area contributed by atoms with Crippen molar-refractivity contribution in [3.8, 4) is 11.5 Å². The summed E-state index contributed by atoms with van der Waals surface area (Å²) in [4.78, 5) is 30.2. The van der Waals surface area contributed by atoms with E-state index in [0.29, 0.717) is 0 Å². The number of ether oxygens (including phenoxy) is 2. The largest absolute Gasteiger partial charge is 0.416 e. The van der Waals surface area contributed by atoms with Crippen LogP contribution in [-0.2, 0) is 16.8 Å². The van der Waals surface area contributed by atoms with Crippen LogP contribution in [-0.4, -0.2) is 56.5 Å². The van der Waals surface area contributed by atoms with Gasteiger partial charge in [-0.15, -0.1) is 0 Å². The molecule has 0 unspecified atom stereocenters. The number of hydrogen-bond donors (Lipinski definition) is 2. The van der Waals surface area contributed by atoms with Gasteiger partial charge in [0, 0.05) is 45.0 Å². The third-order valence-electron chi connectivity index (χ3n) is 4.76. The van der Waals surface area contributed by atoms with Crippen LogP contribution in [0.2, 0.25) is 0 Å². The smallest absolute Gasteiger partial charge is 0.410 e. The summed E-state index contributed by atoms with van der Waals surface area (Å²) in [6.07, 6.45) is -0.491. The van der Waals surface area contributed by atoms with Gasteiger partial charge >= 0.3 is 12.2 Å². The first-order chi connectivity index (χ1) is 15.4. The summed E-state index contributed by atoms with van der Waals surface area (Å²) >= 11 is 0. The van der Waals surface area contributed by atoms with E-state index in [-0.39, 0.29) is 29.2 Å². The van der Waals surface area contributed by atoms with Crippen molar-refractivity contribution in [2.75, 3.05) is 25.9 Å². The minimum absolute atomic E-state index is 0.00447. The number of rotatable bonds is 6. The van der Waals surface area contributed by atoms with Gasteiger partial charge in [0.2, 0.25) is 0 Å². The molecule has 0 fully saturated rings. The molecule has 14 heteroatoms. The Balaban J connectivity index is 1.89. The molecule has 2 heterocycles. The molecule has 178 valence electrons. The van der Waals surface area contributed by atoms with Gasteiger partial charge in [-0.3, -0.25) is 9.62 Å². The molecule has 1 aromatic heterocycles. The van der Waals surface area contributed by atoms with Crippen LogP contribution in [0.4, 0.5) is 24.2 Å². The van der Waals surface area contributed by atoms with E-state index in [0.717, 1.165) is 29.1 Å². The molecule has 0 radical (unpaired) electrons. The van der Waals surface area contributed by atoms with Crippen LogP contribution in [0, 0.1) is 11.6 Å². The van der Waals surface area contributed by atoms with Crippen molar-refractivity contribution in [2.45, 2.75) is 19.5 Å². The summed E-state index contributed by atoms with van der Waals surface area (Å²) in [5.74, 6) is -2.66. The first-order valence-electron chi connectivity index (χ1n) is 9.49. The van der Waals surface area contributed by atoms with Crippen molar-refractivity contribution in [1.82, 2.24) is 19.5 Å². The summed E-state index contributed by atoms with van der Waals surface area (Å²) < 4.78 is 67.1. The number of nitrogens with one attached hydrogen (secondary N) is 2. The minimum atomic E-state index is -4.03. The SMILES string of the molecule is CNS(=O)(=O)Nc1nccc(CN2C(=O)Oc3cc(OC(=O)N(C)C)cc(F)c3[C@H]2C)c1F. The predicted molar refractivity (Wildman–Crippen MR) is 112 cm³/mol. The van der Waals surface area contributed by atoms with Crippen molar-refractivity contribution in [2.24, 2.45) is 0 Å². The van der Waals surface area contributed by atoms with Crippen molar-refractivity contribution in [3.05, 3.63) is 47.2 Å². The Morgan fingerprint density at radius 1 is 1.33 bits per heavy atom. The Labute approximate surface area is 188 Å². The van der Waals surface area contributed by atoms with Crippen molar-refractivity contribution in [1.29, 1.82) is 0 Å². The number of amides is 2. The van der Waals surface area contributed by atoms with Gasteiger partial charge in [0.1, 0.15) is 17.3 Å². The molecule has 3 rings (SSSR count). The summed E-state index contributed by atoms with van der Waals surface area (Å²) in [5.41, 5.74) is -0.0761. The zero-order chi connectivity index (χ0) is 24.5. The number of hydrogen-bond acceptors (Lipinski definition) is 7. The van der Waals surface area contributed by atoms with Gasteiger partial charge in [0.25, 0.3) is 10.2 Å². The van der Waals surface area contributed by atoms with E-state index in [1.54, 1.807) is 0 Å². The lowest BCUT2D eigenvalue weighted by Crippen LogP contribution is -2.40. The van der Waals surface area contributed by atoms with Crippen molar-refractivity contribution in [3.63, 3.8) is 0 Å². The van der Waals surface area contributed by atoms with Crippen LogP contribution in [0.15, 0.2) is 24.4 Å². The van der Waals surface area contributed by atoms with Crippen LogP contribution in [0.5, 0.6) is 11.5 Å². The molecule has 0 spiro atoms. The number of carbonyl (C=O) groups excluding carboxylic acids is 2. The lowest BCUT2D eigenvalue weighted by atomic mass is 10.0. The Hall–Kier alpha value is -3.52. The molecule has 0 bridgehead atoms. The molecule has 1 atom stereocenters. The van der Waals surface area contributed by atoms with Gasteiger partial charge in [0.05, 0.1) is 18.2 Å². The van der Waals surface area contributed by atoms with Gasteiger partial charge in [0.15, 0.2) is 11.6 Å². The number of nitrogens with zero attached hydrogens (tertiary/aromatic N) is 3. The number of carbonyl (C=O) groups is 2. The highest BCUT2D eigenvalue weighted by atomic mass is 32.2. The van der Waals surface area contributed by atoms with Crippen LogP contribution in [0.1, 0.15) is 24.1 Å². The second-order valence-electron chi connectivity index (χ2n) is 7.19. The standard InChI is InChI=1S/C19H21F2N5O6S/c1-10-15-13(20)7-12(31-18(27)25(3)4)8-14(15)32-19(28)26(10)9-11-5-6-23-17(16(11)21)24-33(29,30)22-2/h5-8,10,22H,9H2,1-4H3,(H,23,24)/t10-/m1/s1. The molecular weight excluding hydrogens is 464 g/mol. The highest BCUT2D eigenvalue weighted by molar-refractivity contribution is 7.90. The van der Waals surface area contributed by atoms with Crippen LogP contribution < -0.4 is 18.9 Å². The predicted octanol–water partition coefficient (Wildman–Crippen LogP) is 2.37. The van der Waals surface area contributed by atoms with E-state index < -0.39 is 45.9 Å². The quantitative estimate of drug-likeness (QED) is 0.642. The van der Waals surface area contributed by atoms with E-state index in [1.165, 1.54) is 33.2 Å². The van der Waals surface area contributed by atoms with Crippen LogP contribution in [0.3, 0.4) is 0 Å². The second kappa shape index (κ2) is 9.15. The zero-order valence-corrected chi connectivity index (χ0v) is 18.9. The number of benzene rings is 1. The summed E-state index contributed by atoms with van der Waals surface area (Å²) in [6, 6.07) is 2.56. The van der Waals surface area contributed by atoms with E-state index in [1.807, 2.05) is 9.44 Å². The molecule has 11 nitrogen and oxygen atoms in total. The highest BCUT2D eigenvalue weighted by Crippen LogP contribution is 2.40. The summed E-state index contributed by atoms with van der Waals surface area (Å²) in [6.45, 7) is 1.15.